The highest BCUT2D eigenvalue weighted by Crippen LogP contribution is 2.19. The summed E-state index contributed by atoms with van der Waals surface area (Å²) < 4.78 is 12.5. The Morgan fingerprint density at radius 1 is 1.00 bits per heavy atom. The quantitative estimate of drug-likeness (QED) is 0.176. The monoisotopic (exact) mass is 574 g/mol. The molecule has 0 bridgehead atoms. The summed E-state index contributed by atoms with van der Waals surface area (Å²) in [4.78, 5) is 32.3. The smallest absolute Gasteiger partial charge is 0.232 e. The highest BCUT2D eigenvalue weighted by atomic mass is 32.2. The summed E-state index contributed by atoms with van der Waals surface area (Å²) in [5.74, 6) is 0.287. The van der Waals surface area contributed by atoms with Gasteiger partial charge in [-0.2, -0.15) is 0 Å². The van der Waals surface area contributed by atoms with Crippen molar-refractivity contribution < 1.29 is 14.1 Å². The van der Waals surface area contributed by atoms with Crippen LogP contribution in [-0.2, 0) is 33.6 Å². The molecule has 38 heavy (non-hydrogen) atoms. The number of rotatable bonds is 16. The molecule has 14 heteroatoms. The molecule has 1 atom stereocenters. The van der Waals surface area contributed by atoms with Gasteiger partial charge in [-0.3, -0.25) is 19.6 Å². The van der Waals surface area contributed by atoms with Crippen LogP contribution in [0.3, 0.4) is 0 Å². The predicted octanol–water partition coefficient (Wildman–Crippen LogP) is 3.55. The van der Waals surface area contributed by atoms with E-state index >= 15 is 0 Å². The van der Waals surface area contributed by atoms with Crippen LogP contribution in [0.15, 0.2) is 58.7 Å². The van der Waals surface area contributed by atoms with E-state index in [2.05, 4.69) is 54.3 Å². The predicted molar refractivity (Wildman–Crippen MR) is 157 cm³/mol. The normalized spacial score (nSPS) is 13.1. The molecule has 2 N–H and O–H groups in total. The third kappa shape index (κ3) is 11.8. The molecule has 2 amide bonds. The molecular weight excluding hydrogens is 545 g/mol. The number of aromatic nitrogens is 4. The van der Waals surface area contributed by atoms with Gasteiger partial charge in [-0.15, -0.1) is 20.4 Å². The number of amides is 2. The van der Waals surface area contributed by atoms with Gasteiger partial charge in [-0.25, -0.2) is 0 Å². The fourth-order valence-corrected chi connectivity index (χ4v) is 5.55. The first-order valence-electron chi connectivity index (χ1n) is 11.5. The lowest BCUT2D eigenvalue weighted by molar-refractivity contribution is -0.116. The summed E-state index contributed by atoms with van der Waals surface area (Å²) in [7, 11) is 1.62. The van der Waals surface area contributed by atoms with Crippen LogP contribution in [-0.4, -0.2) is 67.7 Å². The minimum atomic E-state index is -1.11. The second-order valence-electron chi connectivity index (χ2n) is 7.45. The van der Waals surface area contributed by atoms with Gasteiger partial charge in [-0.05, 0) is 25.8 Å². The van der Waals surface area contributed by atoms with Crippen LogP contribution in [0.4, 0.5) is 10.3 Å². The Morgan fingerprint density at radius 3 is 2.08 bits per heavy atom. The number of carbonyl (C=O) groups excluding carboxylic acids is 2. The molecule has 0 saturated carbocycles. The van der Waals surface area contributed by atoms with Gasteiger partial charge in [0.25, 0.3) is 0 Å². The number of nitrogens with one attached hydrogen (secondary N) is 2. The van der Waals surface area contributed by atoms with E-state index in [1.807, 2.05) is 13.0 Å². The van der Waals surface area contributed by atoms with Crippen molar-refractivity contribution in [3.05, 3.63) is 58.7 Å². The minimum absolute atomic E-state index is 0.0743. The lowest BCUT2D eigenvalue weighted by Crippen LogP contribution is -2.15. The first kappa shape index (κ1) is 30.9. The van der Waals surface area contributed by atoms with Gasteiger partial charge in [0.15, 0.2) is 0 Å². The lowest BCUT2D eigenvalue weighted by Gasteiger charge is -2.08. The first-order chi connectivity index (χ1) is 18.4. The largest absolute Gasteiger partial charge is 0.616 e. The third-order valence-electron chi connectivity index (χ3n) is 4.59. The van der Waals surface area contributed by atoms with Crippen molar-refractivity contribution in [1.29, 1.82) is 0 Å². The summed E-state index contributed by atoms with van der Waals surface area (Å²) >= 11 is 1.38. The van der Waals surface area contributed by atoms with Crippen molar-refractivity contribution in [2.45, 2.75) is 32.6 Å². The number of nitrogens with zero attached hydrogens (tertiary/aromatic N) is 6. The van der Waals surface area contributed by atoms with Gasteiger partial charge >= 0.3 is 0 Å². The van der Waals surface area contributed by atoms with E-state index in [-0.39, 0.29) is 24.7 Å². The molecular formula is C24H30N8O3S3. The first-order valence-corrected chi connectivity index (χ1v) is 14.6. The maximum atomic E-state index is 12.5. The van der Waals surface area contributed by atoms with Crippen molar-refractivity contribution in [3.8, 4) is 0 Å². The highest BCUT2D eigenvalue weighted by Gasteiger charge is 2.15. The van der Waals surface area contributed by atoms with Crippen LogP contribution in [0.1, 0.15) is 29.8 Å². The Kier molecular flexibility index (Phi) is 14.0. The van der Waals surface area contributed by atoms with Gasteiger partial charge in [0.1, 0.15) is 21.5 Å². The number of aryl methyl sites for hydroxylation is 2. The number of anilines is 2. The van der Waals surface area contributed by atoms with Crippen LogP contribution in [0.25, 0.3) is 0 Å². The number of hydrogen-bond donors (Lipinski definition) is 2. The molecule has 0 aliphatic heterocycles. The number of hydrogen-bond acceptors (Lipinski definition) is 11. The Labute approximate surface area is 232 Å². The Hall–Kier alpha value is -3.33. The molecule has 0 aliphatic rings. The SMILES string of the molecule is C=C/C=C\C(CC(=O)Nc1nnc(CC[S+]([O-])CCc2nnc(NC(=O)C/C(=C/C=C\C)N=C)s2)s1)=N/C. The molecule has 2 rings (SSSR count). The van der Waals surface area contributed by atoms with Crippen molar-refractivity contribution >= 4 is 68.4 Å². The molecule has 2 aromatic heterocycles. The van der Waals surface area contributed by atoms with Gasteiger partial charge in [0.05, 0.1) is 12.8 Å². The van der Waals surface area contributed by atoms with Crippen molar-refractivity contribution in [1.82, 2.24) is 20.4 Å². The maximum absolute atomic E-state index is 12.5. The zero-order valence-corrected chi connectivity index (χ0v) is 23.7. The zero-order valence-electron chi connectivity index (χ0n) is 21.3. The van der Waals surface area contributed by atoms with Crippen molar-refractivity contribution in [3.63, 3.8) is 0 Å². The fraction of sp³-hybridized carbons (Fsp3) is 0.333. The molecule has 0 spiro atoms. The van der Waals surface area contributed by atoms with E-state index in [4.69, 9.17) is 0 Å². The van der Waals surface area contributed by atoms with E-state index in [9.17, 15) is 14.1 Å². The summed E-state index contributed by atoms with van der Waals surface area (Å²) in [6, 6.07) is 0. The summed E-state index contributed by atoms with van der Waals surface area (Å²) in [6.45, 7) is 8.93. The maximum Gasteiger partial charge on any atom is 0.232 e. The second kappa shape index (κ2) is 17.2. The number of aliphatic imine (C=N–C) groups is 2. The van der Waals surface area contributed by atoms with E-state index in [0.717, 1.165) is 0 Å². The molecule has 0 saturated heterocycles. The summed E-state index contributed by atoms with van der Waals surface area (Å²) in [5.41, 5.74) is 1.16. The van der Waals surface area contributed by atoms with Crippen molar-refractivity contribution in [2.75, 3.05) is 29.2 Å². The third-order valence-corrected chi connectivity index (χ3v) is 7.71. The van der Waals surface area contributed by atoms with Crippen LogP contribution in [0.5, 0.6) is 0 Å². The highest BCUT2D eigenvalue weighted by molar-refractivity contribution is 7.91. The molecule has 0 aliphatic carbocycles. The van der Waals surface area contributed by atoms with Crippen molar-refractivity contribution in [2.24, 2.45) is 9.98 Å². The Balaban J connectivity index is 1.74. The van der Waals surface area contributed by atoms with Crippen LogP contribution in [0, 0.1) is 0 Å². The number of carbonyl (C=O) groups is 2. The van der Waals surface area contributed by atoms with E-state index in [1.54, 1.807) is 37.4 Å². The molecule has 0 radical (unpaired) electrons. The van der Waals surface area contributed by atoms with Crippen LogP contribution in [0.2, 0.25) is 0 Å². The standard InChI is InChI=1S/C24H30N8O3S3/c1-5-7-9-17(25-3)15-19(33)27-23-31-29-21(36-23)11-13-38(35)14-12-22-30-32-24(37-22)28-20(34)16-18(26-4)10-8-6-2/h5-10H,1,4,11-16H2,2-3H3,(H,27,31,33)(H,28,32,34)/b8-6-,9-7-,18-10-,25-17+. The van der Waals surface area contributed by atoms with Crippen LogP contribution >= 0.6 is 22.7 Å². The van der Waals surface area contributed by atoms with E-state index in [0.29, 0.717) is 56.0 Å². The number of allylic oxidation sites excluding steroid dienone is 6. The zero-order chi connectivity index (χ0) is 27.8. The summed E-state index contributed by atoms with van der Waals surface area (Å²) in [5, 5.41) is 23.6. The minimum Gasteiger partial charge on any atom is -0.616 e. The summed E-state index contributed by atoms with van der Waals surface area (Å²) in [6.07, 6.45) is 11.5. The van der Waals surface area contributed by atoms with Gasteiger partial charge in [0.2, 0.25) is 22.1 Å². The molecule has 11 nitrogen and oxygen atoms in total. The molecule has 2 heterocycles. The topological polar surface area (TPSA) is 158 Å². The lowest BCUT2D eigenvalue weighted by atomic mass is 10.2. The van der Waals surface area contributed by atoms with Crippen LogP contribution < -0.4 is 10.6 Å². The molecule has 1 unspecified atom stereocenters. The second-order valence-corrected chi connectivity index (χ2v) is 11.3. The fourth-order valence-electron chi connectivity index (χ4n) is 2.74. The van der Waals surface area contributed by atoms with Gasteiger partial charge < -0.3 is 15.2 Å². The van der Waals surface area contributed by atoms with Gasteiger partial charge in [0, 0.05) is 31.3 Å². The average molecular weight is 575 g/mol. The average Bonchev–Trinajstić information content (AvgIpc) is 3.55. The molecule has 0 aromatic carbocycles. The van der Waals surface area contributed by atoms with E-state index < -0.39 is 11.2 Å². The van der Waals surface area contributed by atoms with E-state index in [1.165, 1.54) is 22.7 Å². The molecule has 202 valence electrons. The molecule has 0 fully saturated rings. The Morgan fingerprint density at radius 2 is 1.58 bits per heavy atom. The van der Waals surface area contributed by atoms with Gasteiger partial charge in [-0.1, -0.05) is 64.7 Å². The molecule has 2 aromatic rings. The Bertz CT molecular complexity index is 1220.